The Kier molecular flexibility index (Phi) is 2.41. The topological polar surface area (TPSA) is 53.2 Å². The van der Waals surface area contributed by atoms with Crippen molar-refractivity contribution < 1.29 is 9.84 Å². The first-order valence-electron chi connectivity index (χ1n) is 3.16. The maximum absolute atomic E-state index is 9.21. The normalized spacial score (nSPS) is 9.08. The zero-order valence-electron chi connectivity index (χ0n) is 6.34. The fourth-order valence-electron chi connectivity index (χ4n) is 0.858. The van der Waals surface area contributed by atoms with E-state index >= 15 is 0 Å². The highest BCUT2D eigenvalue weighted by Gasteiger charge is 2.11. The molecule has 1 N–H and O–H groups in total. The van der Waals surface area contributed by atoms with E-state index in [0.29, 0.717) is 0 Å². The van der Waals surface area contributed by atoms with E-state index in [-0.39, 0.29) is 22.1 Å². The number of phenolic OH excluding ortho intramolecular Hbond substituents is 1. The van der Waals surface area contributed by atoms with Crippen molar-refractivity contribution in [3.63, 3.8) is 0 Å². The second-order valence-electron chi connectivity index (χ2n) is 2.09. The molecule has 0 fully saturated rings. The Morgan fingerprint density at radius 3 is 2.67 bits per heavy atom. The fourth-order valence-corrected chi connectivity index (χ4v) is 1.05. The highest BCUT2D eigenvalue weighted by atomic mass is 35.5. The Labute approximate surface area is 74.8 Å². The van der Waals surface area contributed by atoms with Crippen molar-refractivity contribution in [3.05, 3.63) is 22.7 Å². The van der Waals surface area contributed by atoms with Crippen molar-refractivity contribution in [3.8, 4) is 17.6 Å². The van der Waals surface area contributed by atoms with Gasteiger partial charge in [-0.05, 0) is 12.1 Å². The summed E-state index contributed by atoms with van der Waals surface area (Å²) in [7, 11) is 1.37. The molecule has 0 saturated carbocycles. The molecule has 0 amide bonds. The molecule has 0 aliphatic rings. The van der Waals surface area contributed by atoms with Crippen molar-refractivity contribution in [2.75, 3.05) is 7.11 Å². The number of benzene rings is 1. The third kappa shape index (κ3) is 1.29. The summed E-state index contributed by atoms with van der Waals surface area (Å²) in [5.41, 5.74) is 0.152. The number of nitriles is 1. The third-order valence-electron chi connectivity index (χ3n) is 1.40. The van der Waals surface area contributed by atoms with Gasteiger partial charge in [0.1, 0.15) is 11.6 Å². The van der Waals surface area contributed by atoms with Gasteiger partial charge in [0.2, 0.25) is 0 Å². The number of rotatable bonds is 1. The lowest BCUT2D eigenvalue weighted by Gasteiger charge is -2.05. The van der Waals surface area contributed by atoms with Gasteiger partial charge in [0.05, 0.1) is 12.1 Å². The second kappa shape index (κ2) is 3.33. The maximum atomic E-state index is 9.21. The lowest BCUT2D eigenvalue weighted by Crippen LogP contribution is -1.89. The minimum atomic E-state index is -0.0848. The molecule has 1 aromatic rings. The average molecular weight is 184 g/mol. The number of hydrogen-bond acceptors (Lipinski definition) is 3. The Morgan fingerprint density at radius 2 is 2.25 bits per heavy atom. The predicted octanol–water partition coefficient (Wildman–Crippen LogP) is 1.93. The zero-order valence-corrected chi connectivity index (χ0v) is 7.09. The van der Waals surface area contributed by atoms with Crippen LogP contribution in [0.5, 0.6) is 11.5 Å². The van der Waals surface area contributed by atoms with Crippen LogP contribution < -0.4 is 4.74 Å². The molecule has 1 rings (SSSR count). The number of nitrogens with zero attached hydrogens (tertiary/aromatic N) is 1. The first-order chi connectivity index (χ1) is 5.70. The summed E-state index contributed by atoms with van der Waals surface area (Å²) >= 11 is 5.67. The summed E-state index contributed by atoms with van der Waals surface area (Å²) < 4.78 is 4.79. The number of halogens is 1. The first kappa shape index (κ1) is 8.69. The maximum Gasteiger partial charge on any atom is 0.179 e. The molecule has 0 saturated heterocycles. The second-order valence-corrected chi connectivity index (χ2v) is 2.49. The van der Waals surface area contributed by atoms with Crippen molar-refractivity contribution in [1.29, 1.82) is 5.26 Å². The molecule has 0 unspecified atom stereocenters. The summed E-state index contributed by atoms with van der Waals surface area (Å²) in [6.45, 7) is 0. The minimum Gasteiger partial charge on any atom is -0.504 e. The van der Waals surface area contributed by atoms with Gasteiger partial charge in [0, 0.05) is 0 Å². The van der Waals surface area contributed by atoms with E-state index in [1.807, 2.05) is 6.07 Å². The van der Waals surface area contributed by atoms with Crippen LogP contribution in [0.4, 0.5) is 0 Å². The largest absolute Gasteiger partial charge is 0.504 e. The van der Waals surface area contributed by atoms with Crippen LogP contribution >= 0.6 is 11.6 Å². The molecule has 0 spiro atoms. The van der Waals surface area contributed by atoms with Gasteiger partial charge < -0.3 is 9.84 Å². The van der Waals surface area contributed by atoms with E-state index in [1.165, 1.54) is 19.2 Å². The molecule has 0 bridgehead atoms. The SMILES string of the molecule is COc1c(O)ccc(Cl)c1C#N. The highest BCUT2D eigenvalue weighted by molar-refractivity contribution is 6.32. The smallest absolute Gasteiger partial charge is 0.179 e. The number of phenols is 1. The average Bonchev–Trinajstić information content (AvgIpc) is 2.08. The molecule has 3 nitrogen and oxygen atoms in total. The van der Waals surface area contributed by atoms with E-state index in [2.05, 4.69) is 0 Å². The zero-order chi connectivity index (χ0) is 9.14. The Balaban J connectivity index is 3.41. The number of hydrogen-bond donors (Lipinski definition) is 1. The number of methoxy groups -OCH3 is 1. The lowest BCUT2D eigenvalue weighted by molar-refractivity contribution is 0.372. The Morgan fingerprint density at radius 1 is 1.58 bits per heavy atom. The van der Waals surface area contributed by atoms with Crippen LogP contribution in [0.1, 0.15) is 5.56 Å². The van der Waals surface area contributed by atoms with E-state index in [4.69, 9.17) is 21.6 Å². The third-order valence-corrected chi connectivity index (χ3v) is 1.72. The summed E-state index contributed by atoms with van der Waals surface area (Å²) in [6.07, 6.45) is 0. The van der Waals surface area contributed by atoms with Crippen LogP contribution in [0.2, 0.25) is 5.02 Å². The molecule has 0 heterocycles. The van der Waals surface area contributed by atoms with Gasteiger partial charge in [-0.15, -0.1) is 0 Å². The molecule has 0 radical (unpaired) electrons. The van der Waals surface area contributed by atoms with Crippen LogP contribution in [-0.2, 0) is 0 Å². The molecule has 0 aliphatic heterocycles. The van der Waals surface area contributed by atoms with E-state index in [9.17, 15) is 5.11 Å². The van der Waals surface area contributed by atoms with Crippen LogP contribution in [0, 0.1) is 11.3 Å². The van der Waals surface area contributed by atoms with Gasteiger partial charge >= 0.3 is 0 Å². The van der Waals surface area contributed by atoms with Gasteiger partial charge in [-0.25, -0.2) is 0 Å². The molecule has 4 heteroatoms. The van der Waals surface area contributed by atoms with Gasteiger partial charge in [0.25, 0.3) is 0 Å². The molecule has 0 aliphatic carbocycles. The minimum absolute atomic E-state index is 0.0848. The van der Waals surface area contributed by atoms with E-state index < -0.39 is 0 Å². The summed E-state index contributed by atoms with van der Waals surface area (Å²) in [5, 5.41) is 18.1. The molecule has 0 atom stereocenters. The number of ether oxygens (including phenoxy) is 1. The summed E-state index contributed by atoms with van der Waals surface area (Å²) in [4.78, 5) is 0. The highest BCUT2D eigenvalue weighted by Crippen LogP contribution is 2.33. The van der Waals surface area contributed by atoms with Crippen LogP contribution in [0.3, 0.4) is 0 Å². The van der Waals surface area contributed by atoms with Crippen LogP contribution in [0.25, 0.3) is 0 Å². The van der Waals surface area contributed by atoms with Gasteiger partial charge in [-0.3, -0.25) is 0 Å². The predicted molar refractivity (Wildman–Crippen MR) is 44.4 cm³/mol. The standard InChI is InChI=1S/C8H6ClNO2/c1-12-8-5(4-10)6(9)2-3-7(8)11/h2-3,11H,1H3. The molecule has 62 valence electrons. The Bertz CT molecular complexity index is 344. The van der Waals surface area contributed by atoms with E-state index in [0.717, 1.165) is 0 Å². The monoisotopic (exact) mass is 183 g/mol. The number of aromatic hydroxyl groups is 1. The Hall–Kier alpha value is -1.40. The molecule has 0 aromatic heterocycles. The van der Waals surface area contributed by atoms with Gasteiger partial charge in [-0.1, -0.05) is 11.6 Å². The van der Waals surface area contributed by atoms with Crippen LogP contribution in [-0.4, -0.2) is 12.2 Å². The van der Waals surface area contributed by atoms with Crippen molar-refractivity contribution >= 4 is 11.6 Å². The first-order valence-corrected chi connectivity index (χ1v) is 3.54. The molecular formula is C8H6ClNO2. The summed E-state index contributed by atoms with van der Waals surface area (Å²) in [5.74, 6) is 0.0310. The van der Waals surface area contributed by atoms with E-state index in [1.54, 1.807) is 0 Å². The fraction of sp³-hybridized carbons (Fsp3) is 0.125. The molecular weight excluding hydrogens is 178 g/mol. The van der Waals surface area contributed by atoms with Gasteiger partial charge in [-0.2, -0.15) is 5.26 Å². The van der Waals surface area contributed by atoms with Crippen LogP contribution in [0.15, 0.2) is 12.1 Å². The van der Waals surface area contributed by atoms with Gasteiger partial charge in [0.15, 0.2) is 11.5 Å². The quantitative estimate of drug-likeness (QED) is 0.724. The van der Waals surface area contributed by atoms with Crippen molar-refractivity contribution in [2.45, 2.75) is 0 Å². The molecule has 1 aromatic carbocycles. The summed E-state index contributed by atoms with van der Waals surface area (Å²) in [6, 6.07) is 4.66. The lowest BCUT2D eigenvalue weighted by atomic mass is 10.2. The van der Waals surface area contributed by atoms with Crippen molar-refractivity contribution in [1.82, 2.24) is 0 Å². The molecule has 12 heavy (non-hydrogen) atoms. The van der Waals surface area contributed by atoms with Crippen molar-refractivity contribution in [2.24, 2.45) is 0 Å².